The Balaban J connectivity index is 2.25. The van der Waals surface area contributed by atoms with Gasteiger partial charge >= 0.3 is 0 Å². The molecule has 66 valence electrons. The quantitative estimate of drug-likeness (QED) is 0.568. The van der Waals surface area contributed by atoms with Crippen molar-refractivity contribution in [2.45, 2.75) is 31.6 Å². The summed E-state index contributed by atoms with van der Waals surface area (Å²) in [4.78, 5) is 4.70. The van der Waals surface area contributed by atoms with E-state index >= 15 is 0 Å². The van der Waals surface area contributed by atoms with Gasteiger partial charge in [-0.1, -0.05) is 25.1 Å². The molecule has 1 aliphatic carbocycles. The van der Waals surface area contributed by atoms with Gasteiger partial charge in [-0.25, -0.2) is 0 Å². The van der Waals surface area contributed by atoms with Crippen molar-refractivity contribution in [3.63, 3.8) is 0 Å². The van der Waals surface area contributed by atoms with Crippen molar-refractivity contribution < 1.29 is 0 Å². The minimum Gasteiger partial charge on any atom is -0.257 e. The van der Waals surface area contributed by atoms with Crippen molar-refractivity contribution >= 4 is 11.4 Å². The molecular formula is C12H13N. The maximum absolute atomic E-state index is 4.70. The second kappa shape index (κ2) is 2.22. The molecule has 1 heteroatoms. The maximum atomic E-state index is 4.70. The van der Waals surface area contributed by atoms with Gasteiger partial charge in [0.05, 0.1) is 5.69 Å². The lowest BCUT2D eigenvalue weighted by Crippen LogP contribution is -2.22. The number of hydrogen-bond acceptors (Lipinski definition) is 1. The highest BCUT2D eigenvalue weighted by atomic mass is 14.8. The van der Waals surface area contributed by atoms with Crippen molar-refractivity contribution in [2.75, 3.05) is 0 Å². The zero-order valence-corrected chi connectivity index (χ0v) is 7.88. The molecule has 1 fully saturated rings. The summed E-state index contributed by atoms with van der Waals surface area (Å²) < 4.78 is 0. The zero-order valence-electron chi connectivity index (χ0n) is 7.88. The van der Waals surface area contributed by atoms with E-state index in [1.165, 1.54) is 36.2 Å². The van der Waals surface area contributed by atoms with Crippen molar-refractivity contribution in [3.8, 4) is 0 Å². The van der Waals surface area contributed by atoms with E-state index in [-0.39, 0.29) is 5.41 Å². The van der Waals surface area contributed by atoms with E-state index in [1.807, 2.05) is 0 Å². The van der Waals surface area contributed by atoms with Crippen LogP contribution >= 0.6 is 0 Å². The van der Waals surface area contributed by atoms with E-state index in [2.05, 4.69) is 31.2 Å². The molecule has 0 unspecified atom stereocenters. The minimum atomic E-state index is 0.288. The first-order chi connectivity index (χ1) is 6.31. The van der Waals surface area contributed by atoms with Gasteiger partial charge in [-0.3, -0.25) is 4.99 Å². The molecular weight excluding hydrogens is 158 g/mol. The molecule has 0 N–H and O–H groups in total. The number of benzene rings is 1. The Morgan fingerprint density at radius 1 is 1.31 bits per heavy atom. The van der Waals surface area contributed by atoms with Gasteiger partial charge in [0.1, 0.15) is 0 Å². The van der Waals surface area contributed by atoms with E-state index < -0.39 is 0 Å². The molecule has 1 saturated carbocycles. The molecule has 0 aromatic heterocycles. The Bertz CT molecular complexity index is 392. The van der Waals surface area contributed by atoms with Crippen LogP contribution in [-0.4, -0.2) is 5.71 Å². The molecule has 0 radical (unpaired) electrons. The van der Waals surface area contributed by atoms with E-state index in [1.54, 1.807) is 0 Å². The van der Waals surface area contributed by atoms with Gasteiger partial charge in [-0.05, 0) is 30.9 Å². The van der Waals surface area contributed by atoms with Crippen LogP contribution in [-0.2, 0) is 5.41 Å². The fourth-order valence-electron chi connectivity index (χ4n) is 2.68. The molecule has 1 heterocycles. The van der Waals surface area contributed by atoms with E-state index in [0.717, 1.165) is 0 Å². The molecule has 1 aromatic rings. The fourth-order valence-corrected chi connectivity index (χ4v) is 2.68. The summed E-state index contributed by atoms with van der Waals surface area (Å²) in [6.45, 7) is 2.34. The minimum absolute atomic E-state index is 0.288. The number of hydrogen-bond donors (Lipinski definition) is 0. The Labute approximate surface area is 78.5 Å². The summed E-state index contributed by atoms with van der Waals surface area (Å²) in [7, 11) is 0. The SMILES string of the molecule is C[C@@]12CCCC1=Nc1ccccc12. The molecule has 1 aliphatic heterocycles. The number of aliphatic imine (C=N–C) groups is 1. The first-order valence-corrected chi connectivity index (χ1v) is 4.98. The predicted octanol–water partition coefficient (Wildman–Crippen LogP) is 3.21. The van der Waals surface area contributed by atoms with Crippen molar-refractivity contribution in [1.29, 1.82) is 0 Å². The highest BCUT2D eigenvalue weighted by molar-refractivity contribution is 6.02. The van der Waals surface area contributed by atoms with Crippen LogP contribution in [0.4, 0.5) is 5.69 Å². The van der Waals surface area contributed by atoms with E-state index in [9.17, 15) is 0 Å². The maximum Gasteiger partial charge on any atom is 0.0670 e. The number of rotatable bonds is 0. The van der Waals surface area contributed by atoms with Crippen molar-refractivity contribution in [2.24, 2.45) is 4.99 Å². The molecule has 1 atom stereocenters. The Morgan fingerprint density at radius 2 is 2.15 bits per heavy atom. The van der Waals surface area contributed by atoms with Gasteiger partial charge < -0.3 is 0 Å². The Hall–Kier alpha value is -1.11. The second-order valence-corrected chi connectivity index (χ2v) is 4.26. The smallest absolute Gasteiger partial charge is 0.0670 e. The molecule has 0 bridgehead atoms. The van der Waals surface area contributed by atoms with Gasteiger partial charge in [0.15, 0.2) is 0 Å². The van der Waals surface area contributed by atoms with Crippen molar-refractivity contribution in [1.82, 2.24) is 0 Å². The van der Waals surface area contributed by atoms with Gasteiger partial charge in [-0.2, -0.15) is 0 Å². The lowest BCUT2D eigenvalue weighted by molar-refractivity contribution is 0.626. The van der Waals surface area contributed by atoms with Crippen LogP contribution in [0.1, 0.15) is 31.7 Å². The highest BCUT2D eigenvalue weighted by Crippen LogP contribution is 2.47. The Morgan fingerprint density at radius 3 is 3.08 bits per heavy atom. The third-order valence-corrected chi connectivity index (χ3v) is 3.48. The molecule has 3 rings (SSSR count). The third kappa shape index (κ3) is 0.796. The normalized spacial score (nSPS) is 29.8. The summed E-state index contributed by atoms with van der Waals surface area (Å²) >= 11 is 0. The molecule has 0 saturated heterocycles. The van der Waals surface area contributed by atoms with Gasteiger partial charge in [0, 0.05) is 11.1 Å². The third-order valence-electron chi connectivity index (χ3n) is 3.48. The Kier molecular flexibility index (Phi) is 1.25. The van der Waals surface area contributed by atoms with Gasteiger partial charge in [0.2, 0.25) is 0 Å². The topological polar surface area (TPSA) is 12.4 Å². The van der Waals surface area contributed by atoms with Crippen LogP contribution < -0.4 is 0 Å². The summed E-state index contributed by atoms with van der Waals surface area (Å²) in [5.74, 6) is 0. The summed E-state index contributed by atoms with van der Waals surface area (Å²) in [5.41, 5.74) is 4.35. The standard InChI is InChI=1S/C12H13N/c1-12-8-4-7-11(12)13-10-6-3-2-5-9(10)12/h2-3,5-6H,4,7-8H2,1H3/t12-/m0/s1. The molecule has 1 aromatic carbocycles. The van der Waals surface area contributed by atoms with Crippen LogP contribution in [0.3, 0.4) is 0 Å². The molecule has 2 aliphatic rings. The number of fused-ring (bicyclic) bond motifs is 3. The van der Waals surface area contributed by atoms with Crippen LogP contribution in [0, 0.1) is 0 Å². The van der Waals surface area contributed by atoms with Crippen LogP contribution in [0.25, 0.3) is 0 Å². The lowest BCUT2D eigenvalue weighted by atomic mass is 9.81. The largest absolute Gasteiger partial charge is 0.257 e. The molecule has 13 heavy (non-hydrogen) atoms. The molecule has 1 nitrogen and oxygen atoms in total. The fraction of sp³-hybridized carbons (Fsp3) is 0.417. The van der Waals surface area contributed by atoms with Crippen molar-refractivity contribution in [3.05, 3.63) is 29.8 Å². The summed E-state index contributed by atoms with van der Waals surface area (Å²) in [6, 6.07) is 8.57. The van der Waals surface area contributed by atoms with Gasteiger partial charge in [-0.15, -0.1) is 0 Å². The van der Waals surface area contributed by atoms with Crippen LogP contribution in [0.15, 0.2) is 29.3 Å². The first kappa shape index (κ1) is 7.31. The second-order valence-electron chi connectivity index (χ2n) is 4.26. The first-order valence-electron chi connectivity index (χ1n) is 4.98. The monoisotopic (exact) mass is 171 g/mol. The molecule has 0 spiro atoms. The van der Waals surface area contributed by atoms with Crippen LogP contribution in [0.2, 0.25) is 0 Å². The van der Waals surface area contributed by atoms with E-state index in [0.29, 0.717) is 0 Å². The summed E-state index contributed by atoms with van der Waals surface area (Å²) in [6.07, 6.45) is 3.79. The lowest BCUT2D eigenvalue weighted by Gasteiger charge is -2.20. The molecule has 0 amide bonds. The average Bonchev–Trinajstić information content (AvgIpc) is 2.60. The predicted molar refractivity (Wildman–Crippen MR) is 54.7 cm³/mol. The highest BCUT2D eigenvalue weighted by Gasteiger charge is 2.41. The van der Waals surface area contributed by atoms with E-state index in [4.69, 9.17) is 4.99 Å². The van der Waals surface area contributed by atoms with Crippen LogP contribution in [0.5, 0.6) is 0 Å². The number of para-hydroxylation sites is 1. The summed E-state index contributed by atoms with van der Waals surface area (Å²) in [5, 5.41) is 0. The number of nitrogens with zero attached hydrogens (tertiary/aromatic N) is 1. The zero-order chi connectivity index (χ0) is 8.89. The average molecular weight is 171 g/mol. The van der Waals surface area contributed by atoms with Gasteiger partial charge in [0.25, 0.3) is 0 Å².